The van der Waals surface area contributed by atoms with Crippen molar-refractivity contribution in [1.29, 1.82) is 5.26 Å². The highest BCUT2D eigenvalue weighted by Crippen LogP contribution is 2.29. The van der Waals surface area contributed by atoms with Crippen LogP contribution in [0, 0.1) is 23.0 Å². The molecule has 128 valence electrons. The van der Waals surface area contributed by atoms with Gasteiger partial charge in [-0.1, -0.05) is 6.07 Å². The molecule has 0 saturated heterocycles. The Morgan fingerprint density at radius 3 is 2.12 bits per heavy atom. The Bertz CT molecular complexity index is 830. The number of hydrogen-bond donors (Lipinski definition) is 1. The van der Waals surface area contributed by atoms with Crippen LogP contribution < -0.4 is 5.43 Å². The van der Waals surface area contributed by atoms with Gasteiger partial charge in [0.25, 0.3) is 5.84 Å². The predicted molar refractivity (Wildman–Crippen MR) is 79.0 cm³/mol. The molecule has 0 amide bonds. The summed E-state index contributed by atoms with van der Waals surface area (Å²) >= 11 is 0. The maximum Gasteiger partial charge on any atom is 0.416 e. The first kappa shape index (κ1) is 18.0. The molecule has 0 heterocycles. The molecule has 0 aromatic heterocycles. The monoisotopic (exact) mass is 353 g/mol. The standard InChI is InChI=1S/C15H8F5N5/c16-11-2-1-3-12(17)14(11)25-24-13(8-21)23-22-10-6-4-9(5-7-10)15(18,19)20/h1-7,22H. The molecule has 0 fully saturated rings. The number of hydrogen-bond acceptors (Lipinski definition) is 4. The lowest BCUT2D eigenvalue weighted by molar-refractivity contribution is -0.137. The van der Waals surface area contributed by atoms with Crippen molar-refractivity contribution >= 4 is 17.2 Å². The van der Waals surface area contributed by atoms with Gasteiger partial charge in [0.05, 0.1) is 11.3 Å². The molecule has 2 aromatic rings. The molecule has 0 bridgehead atoms. The van der Waals surface area contributed by atoms with Crippen LogP contribution in [0.25, 0.3) is 0 Å². The molecule has 25 heavy (non-hydrogen) atoms. The van der Waals surface area contributed by atoms with E-state index in [1.54, 1.807) is 0 Å². The molecule has 1 N–H and O–H groups in total. The molecule has 2 aromatic carbocycles. The molecular weight excluding hydrogens is 345 g/mol. The Morgan fingerprint density at radius 1 is 1.00 bits per heavy atom. The van der Waals surface area contributed by atoms with Gasteiger partial charge in [0.15, 0.2) is 17.3 Å². The summed E-state index contributed by atoms with van der Waals surface area (Å²) in [6.45, 7) is 0. The maximum absolute atomic E-state index is 13.4. The third-order valence-electron chi connectivity index (χ3n) is 2.79. The molecule has 0 atom stereocenters. The summed E-state index contributed by atoms with van der Waals surface area (Å²) in [5, 5.41) is 18.9. The third-order valence-corrected chi connectivity index (χ3v) is 2.79. The first-order valence-electron chi connectivity index (χ1n) is 6.58. The van der Waals surface area contributed by atoms with E-state index in [1.807, 2.05) is 0 Å². The van der Waals surface area contributed by atoms with Gasteiger partial charge in [0, 0.05) is 0 Å². The van der Waals surface area contributed by atoms with E-state index in [2.05, 4.69) is 20.8 Å². The van der Waals surface area contributed by atoms with E-state index in [-0.39, 0.29) is 5.69 Å². The van der Waals surface area contributed by atoms with E-state index in [9.17, 15) is 22.0 Å². The van der Waals surface area contributed by atoms with Crippen molar-refractivity contribution in [3.63, 3.8) is 0 Å². The molecule has 0 saturated carbocycles. The van der Waals surface area contributed by atoms with Gasteiger partial charge >= 0.3 is 6.18 Å². The Kier molecular flexibility index (Phi) is 5.38. The molecule has 0 spiro atoms. The van der Waals surface area contributed by atoms with Gasteiger partial charge in [-0.05, 0) is 36.4 Å². The summed E-state index contributed by atoms with van der Waals surface area (Å²) in [5.74, 6) is -2.53. The molecular formula is C15H8F5N5. The number of anilines is 1. The van der Waals surface area contributed by atoms with E-state index < -0.39 is 34.9 Å². The highest BCUT2D eigenvalue weighted by atomic mass is 19.4. The first-order valence-corrected chi connectivity index (χ1v) is 6.58. The van der Waals surface area contributed by atoms with E-state index in [0.717, 1.165) is 42.5 Å². The quantitative estimate of drug-likeness (QED) is 0.277. The van der Waals surface area contributed by atoms with Crippen molar-refractivity contribution in [2.24, 2.45) is 15.3 Å². The zero-order valence-corrected chi connectivity index (χ0v) is 12.2. The lowest BCUT2D eigenvalue weighted by Crippen LogP contribution is -2.04. The number of nitrogens with one attached hydrogen (secondary N) is 1. The van der Waals surface area contributed by atoms with Crippen LogP contribution in [0.4, 0.5) is 33.3 Å². The number of amidine groups is 1. The molecule has 10 heteroatoms. The fourth-order valence-electron chi connectivity index (χ4n) is 1.60. The Morgan fingerprint density at radius 2 is 1.60 bits per heavy atom. The highest BCUT2D eigenvalue weighted by Gasteiger charge is 2.29. The van der Waals surface area contributed by atoms with E-state index in [4.69, 9.17) is 5.26 Å². The van der Waals surface area contributed by atoms with Crippen LogP contribution in [-0.2, 0) is 6.18 Å². The van der Waals surface area contributed by atoms with Gasteiger partial charge in [-0.3, -0.25) is 5.43 Å². The summed E-state index contributed by atoms with van der Waals surface area (Å²) < 4.78 is 64.0. The van der Waals surface area contributed by atoms with Gasteiger partial charge < -0.3 is 0 Å². The summed E-state index contributed by atoms with van der Waals surface area (Å²) in [7, 11) is 0. The number of benzene rings is 2. The SMILES string of the molecule is N#CC(N=Nc1c(F)cccc1F)=NNc1ccc(C(F)(F)F)cc1. The third kappa shape index (κ3) is 4.81. The Labute approximate surface area is 138 Å². The molecule has 0 aliphatic carbocycles. The minimum absolute atomic E-state index is 0.146. The van der Waals surface area contributed by atoms with Gasteiger partial charge in [-0.25, -0.2) is 8.78 Å². The second-order valence-corrected chi connectivity index (χ2v) is 4.50. The van der Waals surface area contributed by atoms with Crippen molar-refractivity contribution < 1.29 is 22.0 Å². The largest absolute Gasteiger partial charge is 0.416 e. The number of rotatable bonds is 3. The number of alkyl halides is 3. The average molecular weight is 353 g/mol. The summed E-state index contributed by atoms with van der Waals surface area (Å²) in [4.78, 5) is 0. The fourth-order valence-corrected chi connectivity index (χ4v) is 1.60. The molecule has 2 rings (SSSR count). The molecule has 0 unspecified atom stereocenters. The number of nitriles is 1. The van der Waals surface area contributed by atoms with E-state index in [0.29, 0.717) is 0 Å². The van der Waals surface area contributed by atoms with Crippen molar-refractivity contribution in [2.75, 3.05) is 5.43 Å². The number of azo groups is 1. The zero-order chi connectivity index (χ0) is 18.4. The average Bonchev–Trinajstić information content (AvgIpc) is 2.56. The van der Waals surface area contributed by atoms with Crippen LogP contribution in [-0.4, -0.2) is 5.84 Å². The Balaban J connectivity index is 2.13. The Hall–Kier alpha value is -3.35. The van der Waals surface area contributed by atoms with Crippen molar-refractivity contribution in [3.05, 3.63) is 59.7 Å². The van der Waals surface area contributed by atoms with E-state index in [1.165, 1.54) is 6.07 Å². The molecule has 0 radical (unpaired) electrons. The normalized spacial score (nSPS) is 12.2. The van der Waals surface area contributed by atoms with Gasteiger partial charge in [-0.15, -0.1) is 15.3 Å². The van der Waals surface area contributed by atoms with Crippen LogP contribution in [0.3, 0.4) is 0 Å². The summed E-state index contributed by atoms with van der Waals surface area (Å²) in [6.07, 6.45) is -4.47. The fraction of sp³-hybridized carbons (Fsp3) is 0.0667. The second-order valence-electron chi connectivity index (χ2n) is 4.50. The van der Waals surface area contributed by atoms with Crippen molar-refractivity contribution in [1.82, 2.24) is 0 Å². The number of nitrogens with zero attached hydrogens (tertiary/aromatic N) is 4. The molecule has 0 aliphatic heterocycles. The zero-order valence-electron chi connectivity index (χ0n) is 12.2. The van der Waals surface area contributed by atoms with Crippen LogP contribution in [0.2, 0.25) is 0 Å². The number of halogens is 5. The molecule has 5 nitrogen and oxygen atoms in total. The van der Waals surface area contributed by atoms with Gasteiger partial charge in [0.2, 0.25) is 0 Å². The molecule has 0 aliphatic rings. The minimum atomic E-state index is -4.47. The lowest BCUT2D eigenvalue weighted by Gasteiger charge is -2.06. The van der Waals surface area contributed by atoms with Crippen LogP contribution in [0.5, 0.6) is 0 Å². The van der Waals surface area contributed by atoms with Crippen molar-refractivity contribution in [3.8, 4) is 6.07 Å². The van der Waals surface area contributed by atoms with Crippen LogP contribution in [0.15, 0.2) is 57.8 Å². The number of hydrazone groups is 1. The van der Waals surface area contributed by atoms with E-state index >= 15 is 0 Å². The van der Waals surface area contributed by atoms with Crippen molar-refractivity contribution in [2.45, 2.75) is 6.18 Å². The minimum Gasteiger partial charge on any atom is -0.276 e. The predicted octanol–water partition coefficient (Wildman–Crippen LogP) is 5.02. The summed E-state index contributed by atoms with van der Waals surface area (Å²) in [5.41, 5.74) is 0.899. The topological polar surface area (TPSA) is 72.9 Å². The highest BCUT2D eigenvalue weighted by molar-refractivity contribution is 5.97. The second kappa shape index (κ2) is 7.48. The van der Waals surface area contributed by atoms with Gasteiger partial charge in [-0.2, -0.15) is 18.4 Å². The van der Waals surface area contributed by atoms with Gasteiger partial charge in [0.1, 0.15) is 6.07 Å². The smallest absolute Gasteiger partial charge is 0.276 e. The van der Waals surface area contributed by atoms with Crippen LogP contribution >= 0.6 is 0 Å². The van der Waals surface area contributed by atoms with Crippen LogP contribution in [0.1, 0.15) is 5.56 Å². The first-order chi connectivity index (χ1) is 11.8. The maximum atomic E-state index is 13.4. The summed E-state index contributed by atoms with van der Waals surface area (Å²) in [6, 6.07) is 8.40. The lowest BCUT2D eigenvalue weighted by atomic mass is 10.2.